The second kappa shape index (κ2) is 10.0. The molecule has 6 nitrogen and oxygen atoms in total. The lowest BCUT2D eigenvalue weighted by Gasteiger charge is -2.08. The van der Waals surface area contributed by atoms with Crippen molar-refractivity contribution in [2.45, 2.75) is 6.42 Å². The van der Waals surface area contributed by atoms with Crippen LogP contribution in [0, 0.1) is 0 Å². The van der Waals surface area contributed by atoms with Gasteiger partial charge in [0, 0.05) is 11.3 Å². The summed E-state index contributed by atoms with van der Waals surface area (Å²) in [5, 5.41) is 5.28. The Hall–Kier alpha value is -3.93. The van der Waals surface area contributed by atoms with Gasteiger partial charge >= 0.3 is 5.97 Å². The van der Waals surface area contributed by atoms with Gasteiger partial charge in [-0.15, -0.1) is 0 Å². The van der Waals surface area contributed by atoms with Crippen LogP contribution >= 0.6 is 0 Å². The molecule has 0 fully saturated rings. The van der Waals surface area contributed by atoms with Crippen LogP contribution in [0.15, 0.2) is 78.9 Å². The SMILES string of the molecule is COC(=O)CNC(=O)c1ccc(NC(=O)Cc2ccc(-c3ccccc3)cc2)cc1. The van der Waals surface area contributed by atoms with Gasteiger partial charge in [-0.3, -0.25) is 14.4 Å². The van der Waals surface area contributed by atoms with Gasteiger partial charge in [-0.05, 0) is 41.0 Å². The summed E-state index contributed by atoms with van der Waals surface area (Å²) in [4.78, 5) is 35.4. The Morgan fingerprint density at radius 3 is 2.07 bits per heavy atom. The Kier molecular flexibility index (Phi) is 6.95. The first-order chi connectivity index (χ1) is 14.5. The number of anilines is 1. The standard InChI is InChI=1S/C24H22N2O4/c1-30-23(28)16-25-24(29)20-11-13-21(14-12-20)26-22(27)15-17-7-9-19(10-8-17)18-5-3-2-4-6-18/h2-14H,15-16H2,1H3,(H,25,29)(H,26,27). The maximum atomic E-state index is 12.3. The number of esters is 1. The first-order valence-electron chi connectivity index (χ1n) is 9.44. The third-order valence-electron chi connectivity index (χ3n) is 4.48. The van der Waals surface area contributed by atoms with Crippen LogP contribution in [0.3, 0.4) is 0 Å². The van der Waals surface area contributed by atoms with Crippen molar-refractivity contribution in [2.75, 3.05) is 19.0 Å². The molecule has 152 valence electrons. The zero-order chi connectivity index (χ0) is 21.3. The van der Waals surface area contributed by atoms with Crippen molar-refractivity contribution in [1.29, 1.82) is 0 Å². The summed E-state index contributed by atoms with van der Waals surface area (Å²) < 4.78 is 4.48. The lowest BCUT2D eigenvalue weighted by atomic mass is 10.0. The van der Waals surface area contributed by atoms with E-state index in [0.717, 1.165) is 16.7 Å². The minimum atomic E-state index is -0.524. The van der Waals surface area contributed by atoms with E-state index in [1.807, 2.05) is 54.6 Å². The van der Waals surface area contributed by atoms with E-state index in [0.29, 0.717) is 11.3 Å². The predicted molar refractivity (Wildman–Crippen MR) is 115 cm³/mol. The first-order valence-corrected chi connectivity index (χ1v) is 9.44. The Bertz CT molecular complexity index is 1010. The van der Waals surface area contributed by atoms with Crippen LogP contribution in [0.2, 0.25) is 0 Å². The molecule has 0 bridgehead atoms. The largest absolute Gasteiger partial charge is 0.468 e. The minimum Gasteiger partial charge on any atom is -0.468 e. The molecule has 0 aromatic heterocycles. The van der Waals surface area contributed by atoms with Crippen molar-refractivity contribution in [2.24, 2.45) is 0 Å². The second-order valence-electron chi connectivity index (χ2n) is 6.62. The Morgan fingerprint density at radius 1 is 0.800 bits per heavy atom. The highest BCUT2D eigenvalue weighted by atomic mass is 16.5. The van der Waals surface area contributed by atoms with Crippen molar-refractivity contribution in [3.05, 3.63) is 90.0 Å². The molecular weight excluding hydrogens is 380 g/mol. The molecule has 30 heavy (non-hydrogen) atoms. The quantitative estimate of drug-likeness (QED) is 0.593. The van der Waals surface area contributed by atoms with Gasteiger partial charge < -0.3 is 15.4 Å². The fourth-order valence-electron chi connectivity index (χ4n) is 2.87. The summed E-state index contributed by atoms with van der Waals surface area (Å²) in [6.45, 7) is -0.198. The summed E-state index contributed by atoms with van der Waals surface area (Å²) >= 11 is 0. The number of ether oxygens (including phenoxy) is 1. The monoisotopic (exact) mass is 402 g/mol. The summed E-state index contributed by atoms with van der Waals surface area (Å²) in [7, 11) is 1.25. The van der Waals surface area contributed by atoms with Crippen LogP contribution in [-0.2, 0) is 20.7 Å². The zero-order valence-corrected chi connectivity index (χ0v) is 16.6. The fraction of sp³-hybridized carbons (Fsp3) is 0.125. The average Bonchev–Trinajstić information content (AvgIpc) is 2.78. The number of carbonyl (C=O) groups is 3. The zero-order valence-electron chi connectivity index (χ0n) is 16.6. The Balaban J connectivity index is 1.53. The molecule has 2 N–H and O–H groups in total. The molecule has 0 aliphatic carbocycles. The van der Waals surface area contributed by atoms with Crippen molar-refractivity contribution < 1.29 is 19.1 Å². The molecule has 0 radical (unpaired) electrons. The van der Waals surface area contributed by atoms with Gasteiger partial charge in [0.15, 0.2) is 0 Å². The van der Waals surface area contributed by atoms with E-state index in [-0.39, 0.29) is 18.9 Å². The van der Waals surface area contributed by atoms with Gasteiger partial charge in [0.2, 0.25) is 5.91 Å². The number of hydrogen-bond acceptors (Lipinski definition) is 4. The van der Waals surface area contributed by atoms with Gasteiger partial charge in [0.05, 0.1) is 13.5 Å². The molecule has 6 heteroatoms. The summed E-state index contributed by atoms with van der Waals surface area (Å²) in [6, 6.07) is 24.4. The molecule has 0 heterocycles. The second-order valence-corrected chi connectivity index (χ2v) is 6.62. The molecule has 0 saturated carbocycles. The number of amides is 2. The summed E-state index contributed by atoms with van der Waals surface area (Å²) in [6.07, 6.45) is 0.246. The Morgan fingerprint density at radius 2 is 1.43 bits per heavy atom. The van der Waals surface area contributed by atoms with Gasteiger partial charge in [-0.1, -0.05) is 54.6 Å². The summed E-state index contributed by atoms with van der Waals surface area (Å²) in [5.74, 6) is -1.06. The van der Waals surface area contributed by atoms with E-state index < -0.39 is 11.9 Å². The minimum absolute atomic E-state index is 0.148. The highest BCUT2D eigenvalue weighted by molar-refractivity contribution is 5.97. The molecule has 0 saturated heterocycles. The number of methoxy groups -OCH3 is 1. The normalized spacial score (nSPS) is 10.2. The van der Waals surface area contributed by atoms with Crippen LogP contribution in [-0.4, -0.2) is 31.4 Å². The van der Waals surface area contributed by atoms with E-state index in [9.17, 15) is 14.4 Å². The van der Waals surface area contributed by atoms with Crippen LogP contribution < -0.4 is 10.6 Å². The number of nitrogens with one attached hydrogen (secondary N) is 2. The lowest BCUT2D eigenvalue weighted by molar-refractivity contribution is -0.139. The smallest absolute Gasteiger partial charge is 0.325 e. The number of rotatable bonds is 7. The van der Waals surface area contributed by atoms with Gasteiger partial charge in [0.1, 0.15) is 6.54 Å². The number of benzene rings is 3. The van der Waals surface area contributed by atoms with E-state index in [2.05, 4.69) is 15.4 Å². The Labute approximate surface area is 174 Å². The van der Waals surface area contributed by atoms with E-state index >= 15 is 0 Å². The highest BCUT2D eigenvalue weighted by Gasteiger charge is 2.09. The van der Waals surface area contributed by atoms with Gasteiger partial charge in [0.25, 0.3) is 5.91 Å². The third kappa shape index (κ3) is 5.78. The predicted octanol–water partition coefficient (Wildman–Crippen LogP) is 3.44. The lowest BCUT2D eigenvalue weighted by Crippen LogP contribution is -2.30. The molecule has 3 aromatic carbocycles. The fourth-order valence-corrected chi connectivity index (χ4v) is 2.87. The van der Waals surface area contributed by atoms with E-state index in [1.54, 1.807) is 24.3 Å². The van der Waals surface area contributed by atoms with Crippen molar-refractivity contribution >= 4 is 23.5 Å². The molecule has 3 aromatic rings. The maximum Gasteiger partial charge on any atom is 0.325 e. The van der Waals surface area contributed by atoms with Crippen LogP contribution in [0.5, 0.6) is 0 Å². The molecule has 2 amide bonds. The molecule has 0 aliphatic heterocycles. The highest BCUT2D eigenvalue weighted by Crippen LogP contribution is 2.19. The van der Waals surface area contributed by atoms with Crippen molar-refractivity contribution in [3.63, 3.8) is 0 Å². The molecule has 0 spiro atoms. The molecule has 0 atom stereocenters. The average molecular weight is 402 g/mol. The van der Waals surface area contributed by atoms with Gasteiger partial charge in [-0.25, -0.2) is 0 Å². The van der Waals surface area contributed by atoms with E-state index in [1.165, 1.54) is 7.11 Å². The maximum absolute atomic E-state index is 12.3. The first kappa shape index (κ1) is 20.8. The number of carbonyl (C=O) groups excluding carboxylic acids is 3. The third-order valence-corrected chi connectivity index (χ3v) is 4.48. The molecule has 3 rings (SSSR count). The van der Waals surface area contributed by atoms with Crippen LogP contribution in [0.25, 0.3) is 11.1 Å². The van der Waals surface area contributed by atoms with Gasteiger partial charge in [-0.2, -0.15) is 0 Å². The van der Waals surface area contributed by atoms with Crippen molar-refractivity contribution in [3.8, 4) is 11.1 Å². The molecular formula is C24H22N2O4. The van der Waals surface area contributed by atoms with E-state index in [4.69, 9.17) is 0 Å². The van der Waals surface area contributed by atoms with Crippen LogP contribution in [0.1, 0.15) is 15.9 Å². The molecule has 0 aliphatic rings. The topological polar surface area (TPSA) is 84.5 Å². The van der Waals surface area contributed by atoms with Crippen molar-refractivity contribution in [1.82, 2.24) is 5.32 Å². The number of hydrogen-bond donors (Lipinski definition) is 2. The summed E-state index contributed by atoms with van der Waals surface area (Å²) in [5.41, 5.74) is 4.11. The molecule has 0 unspecified atom stereocenters. The van der Waals surface area contributed by atoms with Crippen LogP contribution in [0.4, 0.5) is 5.69 Å².